The summed E-state index contributed by atoms with van der Waals surface area (Å²) in [5.74, 6) is -0.579. The van der Waals surface area contributed by atoms with Gasteiger partial charge in [-0.2, -0.15) is 0 Å². The number of hydrogen-bond acceptors (Lipinski definition) is 6. The van der Waals surface area contributed by atoms with Crippen molar-refractivity contribution in [3.63, 3.8) is 0 Å². The van der Waals surface area contributed by atoms with Gasteiger partial charge < -0.3 is 24.9 Å². The molecule has 10 nitrogen and oxygen atoms in total. The molecule has 1 saturated heterocycles. The Kier molecular flexibility index (Phi) is 5.06. The highest BCUT2D eigenvalue weighted by atomic mass is 19.1. The summed E-state index contributed by atoms with van der Waals surface area (Å²) < 4.78 is 20.7. The molecule has 1 aromatic heterocycles. The number of imidazole rings is 1. The Bertz CT molecular complexity index is 939. The second-order valence-electron chi connectivity index (χ2n) is 8.01. The standard InChI is InChI=1S/C19H22FN5O5/c1-19(12-23-10-16(25(28)29)21-17(23)30-19)11-22-6-7-24(18(26)27)15(9-22)8-13-2-4-14(20)5-3-13/h2-5,10,15H,6-9,11-12H2,1H3,(H,26,27)/t15-,19?/m1/s1. The van der Waals surface area contributed by atoms with Crippen LogP contribution in [0.4, 0.5) is 15.0 Å². The number of halogens is 1. The molecule has 0 bridgehead atoms. The quantitative estimate of drug-likeness (QED) is 0.582. The molecular weight excluding hydrogens is 397 g/mol. The number of fused-ring (bicyclic) bond motifs is 1. The van der Waals surface area contributed by atoms with Crippen molar-refractivity contribution in [3.8, 4) is 6.01 Å². The van der Waals surface area contributed by atoms with E-state index >= 15 is 0 Å². The first kappa shape index (κ1) is 20.1. The van der Waals surface area contributed by atoms with Crippen LogP contribution in [0.5, 0.6) is 6.01 Å². The summed E-state index contributed by atoms with van der Waals surface area (Å²) in [6.07, 6.45) is 0.867. The van der Waals surface area contributed by atoms with Crippen LogP contribution >= 0.6 is 0 Å². The molecule has 2 aliphatic heterocycles. The Hall–Kier alpha value is -3.21. The van der Waals surface area contributed by atoms with Gasteiger partial charge in [-0.1, -0.05) is 12.1 Å². The third-order valence-electron chi connectivity index (χ3n) is 5.51. The fourth-order valence-corrected chi connectivity index (χ4v) is 4.22. The molecule has 30 heavy (non-hydrogen) atoms. The molecule has 0 radical (unpaired) electrons. The molecule has 2 aromatic rings. The predicted octanol–water partition coefficient (Wildman–Crippen LogP) is 1.99. The van der Waals surface area contributed by atoms with Crippen LogP contribution in [0.15, 0.2) is 30.5 Å². The zero-order valence-corrected chi connectivity index (χ0v) is 16.4. The molecule has 1 fully saturated rings. The lowest BCUT2D eigenvalue weighted by Crippen LogP contribution is -2.58. The van der Waals surface area contributed by atoms with E-state index in [0.29, 0.717) is 39.1 Å². The highest BCUT2D eigenvalue weighted by Crippen LogP contribution is 2.32. The number of nitro groups is 1. The van der Waals surface area contributed by atoms with E-state index in [2.05, 4.69) is 9.88 Å². The monoisotopic (exact) mass is 419 g/mol. The first-order valence-corrected chi connectivity index (χ1v) is 9.59. The number of ether oxygens (including phenoxy) is 1. The van der Waals surface area contributed by atoms with Gasteiger partial charge in [-0.3, -0.25) is 9.47 Å². The Balaban J connectivity index is 1.43. The lowest BCUT2D eigenvalue weighted by Gasteiger charge is -2.42. The van der Waals surface area contributed by atoms with Gasteiger partial charge in [-0.05, 0) is 36.0 Å². The van der Waals surface area contributed by atoms with Crippen molar-refractivity contribution in [2.45, 2.75) is 31.5 Å². The van der Waals surface area contributed by atoms with E-state index in [9.17, 15) is 24.4 Å². The Morgan fingerprint density at radius 2 is 2.13 bits per heavy atom. The maximum absolute atomic E-state index is 13.2. The number of rotatable bonds is 5. The third-order valence-corrected chi connectivity index (χ3v) is 5.51. The van der Waals surface area contributed by atoms with E-state index in [4.69, 9.17) is 4.74 Å². The molecule has 2 aliphatic rings. The molecule has 2 atom stereocenters. The van der Waals surface area contributed by atoms with Gasteiger partial charge in [0.2, 0.25) is 0 Å². The van der Waals surface area contributed by atoms with Crippen molar-refractivity contribution in [1.29, 1.82) is 0 Å². The number of benzene rings is 1. The molecule has 1 unspecified atom stereocenters. The van der Waals surface area contributed by atoms with Crippen LogP contribution in [0.1, 0.15) is 12.5 Å². The minimum atomic E-state index is -0.975. The molecule has 3 heterocycles. The van der Waals surface area contributed by atoms with E-state index in [1.807, 2.05) is 6.92 Å². The van der Waals surface area contributed by atoms with Crippen molar-refractivity contribution in [2.75, 3.05) is 26.2 Å². The van der Waals surface area contributed by atoms with Crippen molar-refractivity contribution in [2.24, 2.45) is 0 Å². The van der Waals surface area contributed by atoms with Crippen LogP contribution in [-0.4, -0.2) is 73.3 Å². The number of hydrogen-bond donors (Lipinski definition) is 1. The van der Waals surface area contributed by atoms with Crippen LogP contribution in [0.25, 0.3) is 0 Å². The van der Waals surface area contributed by atoms with Gasteiger partial charge in [0, 0.05) is 31.2 Å². The van der Waals surface area contributed by atoms with E-state index in [1.165, 1.54) is 23.2 Å². The normalized spacial score (nSPS) is 23.8. The Labute approximate surface area is 171 Å². The summed E-state index contributed by atoms with van der Waals surface area (Å²) in [6.45, 7) is 4.26. The fourth-order valence-electron chi connectivity index (χ4n) is 4.22. The summed E-state index contributed by atoms with van der Waals surface area (Å²) in [6, 6.07) is 6.02. The van der Waals surface area contributed by atoms with Crippen molar-refractivity contribution < 1.29 is 24.0 Å². The first-order valence-electron chi connectivity index (χ1n) is 9.59. The largest absolute Gasteiger partial charge is 0.465 e. The van der Waals surface area contributed by atoms with Crippen molar-refractivity contribution in [1.82, 2.24) is 19.4 Å². The fraction of sp³-hybridized carbons (Fsp3) is 0.474. The molecule has 0 aliphatic carbocycles. The zero-order valence-electron chi connectivity index (χ0n) is 16.4. The predicted molar refractivity (Wildman–Crippen MR) is 103 cm³/mol. The van der Waals surface area contributed by atoms with Crippen LogP contribution in [0.2, 0.25) is 0 Å². The SMILES string of the molecule is CC1(CN2CCN(C(=O)O)[C@H](Cc3ccc(F)cc3)C2)Cn2cc([N+](=O)[O-])nc2O1. The number of piperazine rings is 1. The lowest BCUT2D eigenvalue weighted by atomic mass is 10.00. The van der Waals surface area contributed by atoms with Gasteiger partial charge in [0.25, 0.3) is 0 Å². The summed E-state index contributed by atoms with van der Waals surface area (Å²) in [4.78, 5) is 29.4. The van der Waals surface area contributed by atoms with Gasteiger partial charge in [-0.25, -0.2) is 9.18 Å². The van der Waals surface area contributed by atoms with E-state index in [-0.39, 0.29) is 23.7 Å². The number of amides is 1. The average Bonchev–Trinajstić information content (AvgIpc) is 3.18. The smallest absolute Gasteiger partial charge is 0.415 e. The Morgan fingerprint density at radius 3 is 2.77 bits per heavy atom. The third kappa shape index (κ3) is 4.06. The number of carbonyl (C=O) groups is 1. The van der Waals surface area contributed by atoms with Crippen molar-refractivity contribution in [3.05, 3.63) is 52.0 Å². The molecule has 0 saturated carbocycles. The minimum absolute atomic E-state index is 0.219. The molecule has 0 spiro atoms. The van der Waals surface area contributed by atoms with Gasteiger partial charge in [0.1, 0.15) is 17.6 Å². The highest BCUT2D eigenvalue weighted by molar-refractivity contribution is 5.65. The molecule has 4 rings (SSSR count). The number of nitrogens with zero attached hydrogens (tertiary/aromatic N) is 5. The lowest BCUT2D eigenvalue weighted by molar-refractivity contribution is -0.389. The number of carboxylic acid groups (broad SMARTS) is 1. The number of aromatic nitrogens is 2. The van der Waals surface area contributed by atoms with Gasteiger partial charge in [0.15, 0.2) is 0 Å². The van der Waals surface area contributed by atoms with Gasteiger partial charge >= 0.3 is 17.9 Å². The van der Waals surface area contributed by atoms with E-state index in [0.717, 1.165) is 5.56 Å². The Morgan fingerprint density at radius 1 is 1.40 bits per heavy atom. The second kappa shape index (κ2) is 7.56. The molecule has 1 amide bonds. The highest BCUT2D eigenvalue weighted by Gasteiger charge is 2.43. The van der Waals surface area contributed by atoms with E-state index < -0.39 is 16.6 Å². The van der Waals surface area contributed by atoms with Gasteiger partial charge in [-0.15, -0.1) is 0 Å². The topological polar surface area (TPSA) is 114 Å². The molecule has 11 heteroatoms. The van der Waals surface area contributed by atoms with Crippen LogP contribution < -0.4 is 4.74 Å². The summed E-state index contributed by atoms with van der Waals surface area (Å²) in [7, 11) is 0. The second-order valence-corrected chi connectivity index (χ2v) is 8.01. The maximum Gasteiger partial charge on any atom is 0.415 e. The van der Waals surface area contributed by atoms with Crippen LogP contribution in [0, 0.1) is 15.9 Å². The average molecular weight is 419 g/mol. The zero-order chi connectivity index (χ0) is 21.5. The van der Waals surface area contributed by atoms with Crippen molar-refractivity contribution >= 4 is 11.9 Å². The molecule has 1 aromatic carbocycles. The van der Waals surface area contributed by atoms with E-state index in [1.54, 1.807) is 16.7 Å². The maximum atomic E-state index is 13.2. The van der Waals surface area contributed by atoms with Crippen LogP contribution in [-0.2, 0) is 13.0 Å². The summed E-state index contributed by atoms with van der Waals surface area (Å²) >= 11 is 0. The van der Waals surface area contributed by atoms with Crippen LogP contribution in [0.3, 0.4) is 0 Å². The first-order chi connectivity index (χ1) is 14.2. The van der Waals surface area contributed by atoms with Gasteiger partial charge in [0.05, 0.1) is 12.6 Å². The minimum Gasteiger partial charge on any atom is -0.465 e. The molecular formula is C19H22FN5O5. The summed E-state index contributed by atoms with van der Waals surface area (Å²) in [5, 5.41) is 20.4. The molecule has 160 valence electrons. The molecule has 1 N–H and O–H groups in total. The summed E-state index contributed by atoms with van der Waals surface area (Å²) in [5.41, 5.74) is 0.244.